The number of carbonyl (C=O) groups is 2. The van der Waals surface area contributed by atoms with Gasteiger partial charge in [0.15, 0.2) is 0 Å². The van der Waals surface area contributed by atoms with E-state index >= 15 is 0 Å². The van der Waals surface area contributed by atoms with Crippen LogP contribution in [-0.4, -0.2) is 32.4 Å². The molecule has 1 heterocycles. The average Bonchev–Trinajstić information content (AvgIpc) is 3.06. The first-order valence-electron chi connectivity index (χ1n) is 10.3. The molecule has 0 spiro atoms. The molecule has 0 saturated carbocycles. The lowest BCUT2D eigenvalue weighted by Gasteiger charge is -2.25. The molecule has 0 bridgehead atoms. The van der Waals surface area contributed by atoms with E-state index in [2.05, 4.69) is 10.0 Å². The van der Waals surface area contributed by atoms with E-state index in [0.29, 0.717) is 24.3 Å². The van der Waals surface area contributed by atoms with Crippen LogP contribution >= 0.6 is 0 Å². The minimum atomic E-state index is -3.76. The van der Waals surface area contributed by atoms with Crippen molar-refractivity contribution in [2.75, 3.05) is 4.72 Å². The quantitative estimate of drug-likeness (QED) is 0.606. The number of anilines is 1. The topological polar surface area (TPSA) is 102 Å². The van der Waals surface area contributed by atoms with E-state index in [1.807, 2.05) is 20.8 Å². The van der Waals surface area contributed by atoms with Crippen LogP contribution in [0.5, 0.6) is 0 Å². The fourth-order valence-electron chi connectivity index (χ4n) is 3.61. The molecule has 0 aromatic heterocycles. The van der Waals surface area contributed by atoms with Crippen molar-refractivity contribution in [3.8, 4) is 0 Å². The third kappa shape index (κ3) is 5.85. The zero-order chi connectivity index (χ0) is 22.6. The molecular formula is C23H28N2O5S. The van der Waals surface area contributed by atoms with Gasteiger partial charge in [-0.15, -0.1) is 0 Å². The molecule has 2 aromatic carbocycles. The third-order valence-corrected chi connectivity index (χ3v) is 6.57. The lowest BCUT2D eigenvalue weighted by molar-refractivity contribution is -0.144. The van der Waals surface area contributed by atoms with Gasteiger partial charge in [0, 0.05) is 11.3 Å². The smallest absolute Gasteiger partial charge is 0.309 e. The highest BCUT2D eigenvalue weighted by atomic mass is 32.2. The van der Waals surface area contributed by atoms with E-state index in [1.54, 1.807) is 36.4 Å². The van der Waals surface area contributed by atoms with E-state index in [0.717, 1.165) is 0 Å². The van der Waals surface area contributed by atoms with Gasteiger partial charge in [-0.1, -0.05) is 45.0 Å². The number of carbonyl (C=O) groups excluding carboxylic acids is 2. The van der Waals surface area contributed by atoms with Crippen molar-refractivity contribution in [2.24, 2.45) is 11.8 Å². The second-order valence-electron chi connectivity index (χ2n) is 8.32. The maximum Gasteiger partial charge on any atom is 0.309 e. The Bertz CT molecular complexity index is 1040. The number of rotatable bonds is 8. The standard InChI is InChI=1S/C23H28N2O5S/c1-15(2)12-20(21-13-16(3)23(27)30-21)24-22(26)17-8-7-9-18(14-17)25-31(28,29)19-10-5-4-6-11-19/h4-11,14-16,20-21,25H,12-13H2,1-3H3,(H,24,26)/t16-,20+,21-/m1/s1. The van der Waals surface area contributed by atoms with Crippen LogP contribution in [0.4, 0.5) is 5.69 Å². The zero-order valence-corrected chi connectivity index (χ0v) is 18.7. The van der Waals surface area contributed by atoms with Crippen LogP contribution in [0, 0.1) is 11.8 Å². The Balaban J connectivity index is 1.74. The van der Waals surface area contributed by atoms with Crippen LogP contribution in [0.1, 0.15) is 44.0 Å². The number of esters is 1. The third-order valence-electron chi connectivity index (χ3n) is 5.18. The van der Waals surface area contributed by atoms with Gasteiger partial charge in [-0.3, -0.25) is 14.3 Å². The molecule has 31 heavy (non-hydrogen) atoms. The van der Waals surface area contributed by atoms with Gasteiger partial charge in [-0.05, 0) is 49.1 Å². The number of sulfonamides is 1. The van der Waals surface area contributed by atoms with E-state index in [9.17, 15) is 18.0 Å². The number of benzene rings is 2. The number of cyclic esters (lactones) is 1. The molecule has 7 nitrogen and oxygen atoms in total. The highest BCUT2D eigenvalue weighted by Gasteiger charge is 2.37. The average molecular weight is 445 g/mol. The molecule has 0 aliphatic carbocycles. The van der Waals surface area contributed by atoms with E-state index in [-0.39, 0.29) is 40.5 Å². The van der Waals surface area contributed by atoms with Gasteiger partial charge in [-0.25, -0.2) is 8.42 Å². The molecular weight excluding hydrogens is 416 g/mol. The Morgan fingerprint density at radius 2 is 1.84 bits per heavy atom. The van der Waals surface area contributed by atoms with Crippen LogP contribution in [0.2, 0.25) is 0 Å². The summed E-state index contributed by atoms with van der Waals surface area (Å²) in [5.41, 5.74) is 0.609. The Kier molecular flexibility index (Phi) is 7.00. The van der Waals surface area contributed by atoms with E-state index < -0.39 is 10.0 Å². The van der Waals surface area contributed by atoms with Crippen LogP contribution in [0.25, 0.3) is 0 Å². The lowest BCUT2D eigenvalue weighted by Crippen LogP contribution is -2.44. The van der Waals surface area contributed by atoms with Gasteiger partial charge >= 0.3 is 5.97 Å². The minimum Gasteiger partial charge on any atom is -0.460 e. The van der Waals surface area contributed by atoms with Gasteiger partial charge < -0.3 is 10.1 Å². The summed E-state index contributed by atoms with van der Waals surface area (Å²) in [6, 6.07) is 14.0. The second kappa shape index (κ2) is 9.51. The first-order valence-corrected chi connectivity index (χ1v) is 11.8. The Labute approximate surface area is 183 Å². The molecule has 0 unspecified atom stereocenters. The highest BCUT2D eigenvalue weighted by Crippen LogP contribution is 2.26. The molecule has 1 aliphatic rings. The number of amides is 1. The zero-order valence-electron chi connectivity index (χ0n) is 17.9. The predicted octanol–water partition coefficient (Wildman–Crippen LogP) is 3.58. The SMILES string of the molecule is CC(C)C[C@H](NC(=O)c1cccc(NS(=O)(=O)c2ccccc2)c1)[C@H]1C[C@@H](C)C(=O)O1. The summed E-state index contributed by atoms with van der Waals surface area (Å²) >= 11 is 0. The van der Waals surface area contributed by atoms with Crippen molar-refractivity contribution in [3.05, 3.63) is 60.2 Å². The number of hydrogen-bond donors (Lipinski definition) is 2. The molecule has 1 amide bonds. The largest absolute Gasteiger partial charge is 0.460 e. The van der Waals surface area contributed by atoms with Crippen molar-refractivity contribution in [1.82, 2.24) is 5.32 Å². The number of nitrogens with one attached hydrogen (secondary N) is 2. The van der Waals surface area contributed by atoms with Crippen molar-refractivity contribution in [3.63, 3.8) is 0 Å². The number of hydrogen-bond acceptors (Lipinski definition) is 5. The van der Waals surface area contributed by atoms with Crippen LogP contribution in [0.3, 0.4) is 0 Å². The maximum absolute atomic E-state index is 12.9. The van der Waals surface area contributed by atoms with Gasteiger partial charge in [-0.2, -0.15) is 0 Å². The Morgan fingerprint density at radius 1 is 1.13 bits per heavy atom. The summed E-state index contributed by atoms with van der Waals surface area (Å²) in [5, 5.41) is 2.98. The van der Waals surface area contributed by atoms with Gasteiger partial charge in [0.2, 0.25) is 0 Å². The first-order chi connectivity index (χ1) is 14.7. The van der Waals surface area contributed by atoms with Crippen LogP contribution in [-0.2, 0) is 19.6 Å². The molecule has 3 rings (SSSR count). The molecule has 2 aromatic rings. The van der Waals surface area contributed by atoms with Crippen molar-refractivity contribution < 1.29 is 22.7 Å². The molecule has 3 atom stereocenters. The van der Waals surface area contributed by atoms with Gasteiger partial charge in [0.1, 0.15) is 6.10 Å². The monoisotopic (exact) mass is 444 g/mol. The lowest BCUT2D eigenvalue weighted by atomic mass is 9.94. The molecule has 1 fully saturated rings. The van der Waals surface area contributed by atoms with Gasteiger partial charge in [0.25, 0.3) is 15.9 Å². The van der Waals surface area contributed by atoms with Crippen molar-refractivity contribution in [2.45, 2.75) is 50.7 Å². The van der Waals surface area contributed by atoms with Crippen LogP contribution < -0.4 is 10.0 Å². The summed E-state index contributed by atoms with van der Waals surface area (Å²) in [7, 11) is -3.76. The van der Waals surface area contributed by atoms with Crippen molar-refractivity contribution >= 4 is 27.6 Å². The Morgan fingerprint density at radius 3 is 2.45 bits per heavy atom. The molecule has 8 heteroatoms. The minimum absolute atomic E-state index is 0.138. The summed E-state index contributed by atoms with van der Waals surface area (Å²) in [6.45, 7) is 5.90. The molecule has 0 radical (unpaired) electrons. The summed E-state index contributed by atoms with van der Waals surface area (Å²) in [6.07, 6.45) is 0.859. The Hall–Kier alpha value is -2.87. The maximum atomic E-state index is 12.9. The molecule has 1 aliphatic heterocycles. The summed E-state index contributed by atoms with van der Waals surface area (Å²) in [4.78, 5) is 24.9. The molecule has 1 saturated heterocycles. The summed E-state index contributed by atoms with van der Waals surface area (Å²) in [5.74, 6) is -0.483. The predicted molar refractivity (Wildman–Crippen MR) is 118 cm³/mol. The van der Waals surface area contributed by atoms with Crippen molar-refractivity contribution in [1.29, 1.82) is 0 Å². The van der Waals surface area contributed by atoms with E-state index in [4.69, 9.17) is 4.74 Å². The first kappa shape index (κ1) is 22.8. The fourth-order valence-corrected chi connectivity index (χ4v) is 4.68. The van der Waals surface area contributed by atoms with Gasteiger partial charge in [0.05, 0.1) is 16.9 Å². The second-order valence-corrected chi connectivity index (χ2v) is 10.0. The van der Waals surface area contributed by atoms with E-state index in [1.165, 1.54) is 18.2 Å². The molecule has 2 N–H and O–H groups in total. The normalized spacial score (nSPS) is 19.7. The molecule has 166 valence electrons. The van der Waals surface area contributed by atoms with Crippen LogP contribution in [0.15, 0.2) is 59.5 Å². The highest BCUT2D eigenvalue weighted by molar-refractivity contribution is 7.92. The number of ether oxygens (including phenoxy) is 1. The fraction of sp³-hybridized carbons (Fsp3) is 0.391. The summed E-state index contributed by atoms with van der Waals surface area (Å²) < 4.78 is 33.1.